The fraction of sp³-hybridized carbons (Fsp3) is 0.900. The van der Waals surface area contributed by atoms with Gasteiger partial charge >= 0.3 is 0 Å². The van der Waals surface area contributed by atoms with E-state index in [1.165, 1.54) is 0 Å². The highest BCUT2D eigenvalue weighted by Gasteiger charge is 2.28. The summed E-state index contributed by atoms with van der Waals surface area (Å²) >= 11 is 0. The van der Waals surface area contributed by atoms with Crippen molar-refractivity contribution in [2.45, 2.75) is 32.4 Å². The second kappa shape index (κ2) is 4.17. The summed E-state index contributed by atoms with van der Waals surface area (Å²) in [6.07, 6.45) is 1.51. The molecule has 0 bridgehead atoms. The van der Waals surface area contributed by atoms with Crippen LogP contribution < -0.4 is 10.6 Å². The minimum Gasteiger partial charge on any atom is -0.376 e. The molecule has 0 aromatic carbocycles. The van der Waals surface area contributed by atoms with Crippen LogP contribution in [0.15, 0.2) is 4.99 Å². The monoisotopic (exact) mass is 197 g/mol. The van der Waals surface area contributed by atoms with Crippen molar-refractivity contribution in [3.63, 3.8) is 0 Å². The lowest BCUT2D eigenvalue weighted by Crippen LogP contribution is -2.41. The zero-order valence-electron chi connectivity index (χ0n) is 8.92. The van der Waals surface area contributed by atoms with Crippen LogP contribution in [0.5, 0.6) is 0 Å². The number of ether oxygens (including phenoxy) is 1. The maximum atomic E-state index is 5.69. The molecular formula is C10H19N3O. The van der Waals surface area contributed by atoms with Crippen molar-refractivity contribution < 1.29 is 4.74 Å². The molecule has 14 heavy (non-hydrogen) atoms. The van der Waals surface area contributed by atoms with Gasteiger partial charge in [0.25, 0.3) is 0 Å². The van der Waals surface area contributed by atoms with E-state index in [4.69, 9.17) is 4.74 Å². The molecule has 0 aromatic heterocycles. The molecule has 0 amide bonds. The van der Waals surface area contributed by atoms with Crippen LogP contribution in [0.25, 0.3) is 0 Å². The smallest absolute Gasteiger partial charge is 0.191 e. The molecule has 4 heteroatoms. The predicted octanol–water partition coefficient (Wildman–Crippen LogP) is 0.349. The van der Waals surface area contributed by atoms with Gasteiger partial charge in [0, 0.05) is 6.54 Å². The molecule has 2 heterocycles. The molecule has 2 atom stereocenters. The van der Waals surface area contributed by atoms with Crippen LogP contribution in [-0.2, 0) is 4.74 Å². The highest BCUT2D eigenvalue weighted by Crippen LogP contribution is 2.20. The van der Waals surface area contributed by atoms with Crippen LogP contribution in [0.3, 0.4) is 0 Å². The summed E-state index contributed by atoms with van der Waals surface area (Å²) in [7, 11) is 0. The summed E-state index contributed by atoms with van der Waals surface area (Å²) in [5, 5.41) is 6.59. The van der Waals surface area contributed by atoms with Gasteiger partial charge in [0.05, 0.1) is 25.3 Å². The second-order valence-corrected chi connectivity index (χ2v) is 4.35. The normalized spacial score (nSPS) is 31.8. The number of aliphatic imine (C=N–C) groups is 1. The van der Waals surface area contributed by atoms with Gasteiger partial charge in [-0.2, -0.15) is 0 Å². The molecule has 2 unspecified atom stereocenters. The molecule has 80 valence electrons. The molecule has 0 aromatic rings. The van der Waals surface area contributed by atoms with Crippen molar-refractivity contribution in [2.75, 3.05) is 19.7 Å². The molecule has 2 N–H and O–H groups in total. The van der Waals surface area contributed by atoms with Gasteiger partial charge in [0.2, 0.25) is 0 Å². The van der Waals surface area contributed by atoms with Gasteiger partial charge < -0.3 is 15.4 Å². The largest absolute Gasteiger partial charge is 0.376 e. The van der Waals surface area contributed by atoms with E-state index in [9.17, 15) is 0 Å². The van der Waals surface area contributed by atoms with Gasteiger partial charge in [0.1, 0.15) is 0 Å². The van der Waals surface area contributed by atoms with Gasteiger partial charge in [-0.25, -0.2) is 0 Å². The Kier molecular flexibility index (Phi) is 2.91. The second-order valence-electron chi connectivity index (χ2n) is 4.35. The van der Waals surface area contributed by atoms with E-state index in [2.05, 4.69) is 29.5 Å². The standard InChI is InChI=1S/C10H19N3O/c1-7(2)9-5-8(6-14-9)13-10-11-3-4-12-10/h7-9H,3-6H2,1-2H3,(H2,11,12,13). The lowest BCUT2D eigenvalue weighted by molar-refractivity contribution is 0.0746. The lowest BCUT2D eigenvalue weighted by Gasteiger charge is -2.14. The van der Waals surface area contributed by atoms with E-state index in [1.807, 2.05) is 0 Å². The Morgan fingerprint density at radius 3 is 3.00 bits per heavy atom. The van der Waals surface area contributed by atoms with Crippen LogP contribution in [0.1, 0.15) is 20.3 Å². The Bertz CT molecular complexity index is 227. The summed E-state index contributed by atoms with van der Waals surface area (Å²) in [6, 6.07) is 0.437. The van der Waals surface area contributed by atoms with Gasteiger partial charge in [-0.15, -0.1) is 0 Å². The lowest BCUT2D eigenvalue weighted by atomic mass is 10.0. The highest BCUT2D eigenvalue weighted by atomic mass is 16.5. The maximum absolute atomic E-state index is 5.69. The molecule has 4 nitrogen and oxygen atoms in total. The third kappa shape index (κ3) is 2.18. The summed E-state index contributed by atoms with van der Waals surface area (Å²) in [4.78, 5) is 4.31. The summed E-state index contributed by atoms with van der Waals surface area (Å²) in [5.74, 6) is 1.56. The number of hydrogen-bond acceptors (Lipinski definition) is 4. The number of rotatable bonds is 2. The number of nitrogens with one attached hydrogen (secondary N) is 2. The van der Waals surface area contributed by atoms with Crippen molar-refractivity contribution in [1.29, 1.82) is 0 Å². The zero-order valence-corrected chi connectivity index (χ0v) is 8.92. The van der Waals surface area contributed by atoms with Crippen LogP contribution in [0.4, 0.5) is 0 Å². The molecule has 2 aliphatic rings. The van der Waals surface area contributed by atoms with Gasteiger partial charge in [-0.1, -0.05) is 13.8 Å². The van der Waals surface area contributed by atoms with Gasteiger partial charge in [-0.3, -0.25) is 4.99 Å². The number of guanidine groups is 1. The van der Waals surface area contributed by atoms with E-state index in [0.717, 1.165) is 32.1 Å². The average molecular weight is 197 g/mol. The summed E-state index contributed by atoms with van der Waals surface area (Å²) in [5.41, 5.74) is 0. The van der Waals surface area contributed by atoms with Crippen LogP contribution in [0, 0.1) is 5.92 Å². The van der Waals surface area contributed by atoms with Gasteiger partial charge in [0.15, 0.2) is 5.96 Å². The topological polar surface area (TPSA) is 45.7 Å². The number of hydrogen-bond donors (Lipinski definition) is 2. The first-order valence-corrected chi connectivity index (χ1v) is 5.42. The Balaban J connectivity index is 1.78. The fourth-order valence-electron chi connectivity index (χ4n) is 1.91. The third-order valence-electron chi connectivity index (χ3n) is 2.79. The third-order valence-corrected chi connectivity index (χ3v) is 2.79. The van der Waals surface area contributed by atoms with E-state index >= 15 is 0 Å². The molecule has 1 fully saturated rings. The van der Waals surface area contributed by atoms with E-state index in [1.54, 1.807) is 0 Å². The van der Waals surface area contributed by atoms with Crippen LogP contribution in [0.2, 0.25) is 0 Å². The van der Waals surface area contributed by atoms with Crippen molar-refractivity contribution >= 4 is 5.96 Å². The Hall–Kier alpha value is -0.770. The molecule has 0 spiro atoms. The minimum absolute atomic E-state index is 0.412. The average Bonchev–Trinajstić information content (AvgIpc) is 2.75. The summed E-state index contributed by atoms with van der Waals surface area (Å²) < 4.78 is 5.69. The zero-order chi connectivity index (χ0) is 9.97. The quantitative estimate of drug-likeness (QED) is 0.671. The minimum atomic E-state index is 0.412. The highest BCUT2D eigenvalue weighted by molar-refractivity contribution is 5.81. The molecule has 1 saturated heterocycles. The maximum Gasteiger partial charge on any atom is 0.191 e. The first-order valence-electron chi connectivity index (χ1n) is 5.42. The molecular weight excluding hydrogens is 178 g/mol. The van der Waals surface area contributed by atoms with E-state index in [0.29, 0.717) is 18.1 Å². The van der Waals surface area contributed by atoms with Crippen LogP contribution >= 0.6 is 0 Å². The first kappa shape index (κ1) is 9.77. The summed E-state index contributed by atoms with van der Waals surface area (Å²) in [6.45, 7) is 7.08. The van der Waals surface area contributed by atoms with E-state index in [-0.39, 0.29) is 0 Å². The first-order chi connectivity index (χ1) is 6.75. The predicted molar refractivity (Wildman–Crippen MR) is 56.4 cm³/mol. The van der Waals surface area contributed by atoms with E-state index < -0.39 is 0 Å². The fourth-order valence-corrected chi connectivity index (χ4v) is 1.91. The molecule has 2 aliphatic heterocycles. The van der Waals surface area contributed by atoms with Gasteiger partial charge in [-0.05, 0) is 12.3 Å². The molecule has 0 saturated carbocycles. The molecule has 0 radical (unpaired) electrons. The van der Waals surface area contributed by atoms with Crippen molar-refractivity contribution in [3.8, 4) is 0 Å². The Morgan fingerprint density at radius 1 is 1.57 bits per heavy atom. The SMILES string of the molecule is CC(C)C1CC(NC2=NCCN2)CO1. The Morgan fingerprint density at radius 2 is 2.43 bits per heavy atom. The van der Waals surface area contributed by atoms with Crippen molar-refractivity contribution in [2.24, 2.45) is 10.9 Å². The van der Waals surface area contributed by atoms with Crippen molar-refractivity contribution in [3.05, 3.63) is 0 Å². The molecule has 2 rings (SSSR count). The van der Waals surface area contributed by atoms with Crippen LogP contribution in [-0.4, -0.2) is 37.8 Å². The Labute approximate surface area is 85.1 Å². The molecule has 0 aliphatic carbocycles. The van der Waals surface area contributed by atoms with Crippen molar-refractivity contribution in [1.82, 2.24) is 10.6 Å². The number of nitrogens with zero attached hydrogens (tertiary/aromatic N) is 1.